The van der Waals surface area contributed by atoms with Crippen LogP contribution >= 0.6 is 43.2 Å². The largest absolute Gasteiger partial charge is 0.246 e. The predicted octanol–water partition coefficient (Wildman–Crippen LogP) is 5.24. The molecule has 96 valence electrons. The summed E-state index contributed by atoms with van der Waals surface area (Å²) in [6.07, 6.45) is 0.993. The molecule has 1 nitrogen and oxygen atoms in total. The molecule has 0 N–H and O–H groups in total. The third-order valence-corrected chi connectivity index (χ3v) is 5.62. The van der Waals surface area contributed by atoms with Crippen molar-refractivity contribution in [1.82, 2.24) is 4.98 Å². The minimum absolute atomic E-state index is 0.463. The summed E-state index contributed by atoms with van der Waals surface area (Å²) >= 11 is 9.07. The van der Waals surface area contributed by atoms with E-state index in [0.717, 1.165) is 17.4 Å². The van der Waals surface area contributed by atoms with Crippen LogP contribution in [0.15, 0.2) is 28.7 Å². The fraction of sp³-hybridized carbons (Fsp3) is 0.357. The molecule has 0 saturated carbocycles. The monoisotopic (exact) mass is 387 g/mol. The van der Waals surface area contributed by atoms with Gasteiger partial charge in [-0.3, -0.25) is 0 Å². The van der Waals surface area contributed by atoms with E-state index >= 15 is 0 Å². The van der Waals surface area contributed by atoms with Crippen LogP contribution in [0.25, 0.3) is 0 Å². The fourth-order valence-electron chi connectivity index (χ4n) is 1.89. The molecule has 1 unspecified atom stereocenters. The molecule has 18 heavy (non-hydrogen) atoms. The summed E-state index contributed by atoms with van der Waals surface area (Å²) in [5, 5.41) is 2.18. The van der Waals surface area contributed by atoms with Crippen LogP contribution < -0.4 is 0 Å². The molecule has 2 aromatic rings. The van der Waals surface area contributed by atoms with Gasteiger partial charge in [-0.1, -0.05) is 50.1 Å². The van der Waals surface area contributed by atoms with Gasteiger partial charge in [-0.05, 0) is 25.5 Å². The van der Waals surface area contributed by atoms with Gasteiger partial charge in [0.1, 0.15) is 0 Å². The maximum absolute atomic E-state index is 4.64. The molecular weight excluding hydrogens is 374 g/mol. The van der Waals surface area contributed by atoms with Gasteiger partial charge in [-0.2, -0.15) is 0 Å². The smallest absolute Gasteiger partial charge is 0.0937 e. The highest BCUT2D eigenvalue weighted by atomic mass is 79.9. The van der Waals surface area contributed by atoms with Crippen molar-refractivity contribution in [3.05, 3.63) is 49.9 Å². The quantitative estimate of drug-likeness (QED) is 0.652. The second-order valence-corrected chi connectivity index (χ2v) is 7.12. The second-order valence-electron chi connectivity index (χ2n) is 4.33. The number of alkyl halides is 1. The summed E-state index contributed by atoms with van der Waals surface area (Å²) in [5.74, 6) is 0.463. The zero-order valence-electron chi connectivity index (χ0n) is 10.4. The van der Waals surface area contributed by atoms with E-state index in [4.69, 9.17) is 0 Å². The number of hydrogen-bond acceptors (Lipinski definition) is 2. The third-order valence-electron chi connectivity index (χ3n) is 3.03. The molecule has 1 atom stereocenters. The molecule has 1 heterocycles. The second kappa shape index (κ2) is 6.31. The minimum atomic E-state index is 0.463. The molecule has 0 aliphatic heterocycles. The molecular formula is C14H15Br2NS. The van der Waals surface area contributed by atoms with E-state index in [-0.39, 0.29) is 0 Å². The molecule has 4 heteroatoms. The lowest BCUT2D eigenvalue weighted by molar-refractivity contribution is 0.764. The fourth-order valence-corrected chi connectivity index (χ4v) is 4.09. The van der Waals surface area contributed by atoms with Crippen molar-refractivity contribution in [2.45, 2.75) is 26.2 Å². The SMILES string of the molecule is Cc1nc(CC(CBr)c2ccccc2Br)sc1C. The summed E-state index contributed by atoms with van der Waals surface area (Å²) in [6, 6.07) is 8.43. The standard InChI is InChI=1S/C14H15Br2NS/c1-9-10(2)18-14(17-9)7-11(8-15)12-5-3-4-6-13(12)16/h3-6,11H,7-8H2,1-2H3. The molecule has 0 aliphatic rings. The zero-order chi connectivity index (χ0) is 13.1. The first kappa shape index (κ1) is 14.2. The van der Waals surface area contributed by atoms with Gasteiger partial charge in [-0.25, -0.2) is 4.98 Å². The average molecular weight is 389 g/mol. The highest BCUT2D eigenvalue weighted by molar-refractivity contribution is 9.10. The maximum Gasteiger partial charge on any atom is 0.0937 e. The Morgan fingerprint density at radius 2 is 2.00 bits per heavy atom. The number of rotatable bonds is 4. The van der Waals surface area contributed by atoms with Gasteiger partial charge >= 0.3 is 0 Å². The van der Waals surface area contributed by atoms with Crippen LogP contribution in [0.1, 0.15) is 27.1 Å². The summed E-state index contributed by atoms with van der Waals surface area (Å²) in [4.78, 5) is 5.96. The lowest BCUT2D eigenvalue weighted by Crippen LogP contribution is -2.05. The highest BCUT2D eigenvalue weighted by Crippen LogP contribution is 2.30. The van der Waals surface area contributed by atoms with Crippen LogP contribution in [0, 0.1) is 13.8 Å². The van der Waals surface area contributed by atoms with Crippen molar-refractivity contribution in [2.75, 3.05) is 5.33 Å². The number of aryl methyl sites for hydroxylation is 2. The Bertz CT molecular complexity index is 517. The maximum atomic E-state index is 4.64. The number of aromatic nitrogens is 1. The number of hydrogen-bond donors (Lipinski definition) is 0. The molecule has 1 aromatic heterocycles. The zero-order valence-corrected chi connectivity index (χ0v) is 14.4. The van der Waals surface area contributed by atoms with Gasteiger partial charge in [0.05, 0.1) is 10.7 Å². The van der Waals surface area contributed by atoms with Crippen molar-refractivity contribution in [2.24, 2.45) is 0 Å². The Morgan fingerprint density at radius 1 is 1.28 bits per heavy atom. The highest BCUT2D eigenvalue weighted by Gasteiger charge is 2.16. The predicted molar refractivity (Wildman–Crippen MR) is 86.0 cm³/mol. The number of benzene rings is 1. The lowest BCUT2D eigenvalue weighted by atomic mass is 9.98. The van der Waals surface area contributed by atoms with Crippen LogP contribution in [0.3, 0.4) is 0 Å². The van der Waals surface area contributed by atoms with Crippen LogP contribution in [-0.4, -0.2) is 10.3 Å². The summed E-state index contributed by atoms with van der Waals surface area (Å²) in [5.41, 5.74) is 2.51. The van der Waals surface area contributed by atoms with Crippen molar-refractivity contribution in [3.63, 3.8) is 0 Å². The van der Waals surface area contributed by atoms with E-state index in [0.29, 0.717) is 5.92 Å². The average Bonchev–Trinajstić information content (AvgIpc) is 2.66. The Balaban J connectivity index is 2.22. The molecule has 0 aliphatic carbocycles. The molecule has 0 radical (unpaired) electrons. The first-order valence-corrected chi connectivity index (χ1v) is 8.58. The van der Waals surface area contributed by atoms with E-state index in [9.17, 15) is 0 Å². The van der Waals surface area contributed by atoms with Gasteiger partial charge in [0.15, 0.2) is 0 Å². The van der Waals surface area contributed by atoms with Crippen molar-refractivity contribution in [1.29, 1.82) is 0 Å². The molecule has 0 spiro atoms. The number of thiazole rings is 1. The van der Waals surface area contributed by atoms with Gasteiger partial charge in [0.25, 0.3) is 0 Å². The number of nitrogens with zero attached hydrogens (tertiary/aromatic N) is 1. The van der Waals surface area contributed by atoms with Crippen molar-refractivity contribution < 1.29 is 0 Å². The Hall–Kier alpha value is -0.190. The van der Waals surface area contributed by atoms with E-state index in [1.54, 1.807) is 0 Å². The van der Waals surface area contributed by atoms with Crippen LogP contribution in [-0.2, 0) is 6.42 Å². The Morgan fingerprint density at radius 3 is 2.56 bits per heavy atom. The third kappa shape index (κ3) is 3.22. The van der Waals surface area contributed by atoms with Gasteiger partial charge in [0, 0.05) is 27.0 Å². The molecule has 0 saturated heterocycles. The van der Waals surface area contributed by atoms with E-state index in [1.165, 1.54) is 19.9 Å². The van der Waals surface area contributed by atoms with Gasteiger partial charge in [-0.15, -0.1) is 11.3 Å². The molecule has 2 rings (SSSR count). The van der Waals surface area contributed by atoms with Crippen LogP contribution in [0.2, 0.25) is 0 Å². The van der Waals surface area contributed by atoms with Crippen LogP contribution in [0.4, 0.5) is 0 Å². The topological polar surface area (TPSA) is 12.9 Å². The van der Waals surface area contributed by atoms with Gasteiger partial charge < -0.3 is 0 Å². The molecule has 0 amide bonds. The van der Waals surface area contributed by atoms with E-state index < -0.39 is 0 Å². The van der Waals surface area contributed by atoms with E-state index in [1.807, 2.05) is 11.3 Å². The lowest BCUT2D eigenvalue weighted by Gasteiger charge is -2.14. The van der Waals surface area contributed by atoms with Gasteiger partial charge in [0.2, 0.25) is 0 Å². The Labute approximate surface area is 129 Å². The van der Waals surface area contributed by atoms with E-state index in [2.05, 4.69) is 75.0 Å². The molecule has 0 bridgehead atoms. The first-order chi connectivity index (χ1) is 8.61. The van der Waals surface area contributed by atoms with Crippen molar-refractivity contribution in [3.8, 4) is 0 Å². The summed E-state index contributed by atoms with van der Waals surface area (Å²) < 4.78 is 1.18. The normalized spacial score (nSPS) is 12.7. The van der Waals surface area contributed by atoms with Crippen LogP contribution in [0.5, 0.6) is 0 Å². The molecule has 0 fully saturated rings. The minimum Gasteiger partial charge on any atom is -0.246 e. The Kier molecular flexibility index (Phi) is 4.98. The summed E-state index contributed by atoms with van der Waals surface area (Å²) in [7, 11) is 0. The first-order valence-electron chi connectivity index (χ1n) is 5.85. The summed E-state index contributed by atoms with van der Waals surface area (Å²) in [6.45, 7) is 4.22. The number of halogens is 2. The van der Waals surface area contributed by atoms with Crippen molar-refractivity contribution >= 4 is 43.2 Å². The molecule has 1 aromatic carbocycles.